The van der Waals surface area contributed by atoms with Gasteiger partial charge >= 0.3 is 6.01 Å². The number of ether oxygens (including phenoxy) is 1. The van der Waals surface area contributed by atoms with E-state index in [1.165, 1.54) is 0 Å². The topological polar surface area (TPSA) is 111 Å². The summed E-state index contributed by atoms with van der Waals surface area (Å²) >= 11 is 0. The molecule has 0 unspecified atom stereocenters. The van der Waals surface area contributed by atoms with Gasteiger partial charge in [0.05, 0.1) is 13.2 Å². The summed E-state index contributed by atoms with van der Waals surface area (Å²) in [5, 5.41) is 9.54. The lowest BCUT2D eigenvalue weighted by Crippen LogP contribution is -2.10. The fourth-order valence-electron chi connectivity index (χ4n) is 1.37. The van der Waals surface area contributed by atoms with E-state index < -0.39 is 0 Å². The second kappa shape index (κ2) is 6.64. The first kappa shape index (κ1) is 14.0. The summed E-state index contributed by atoms with van der Waals surface area (Å²) in [4.78, 5) is 16.5. The maximum absolute atomic E-state index is 5.40. The van der Waals surface area contributed by atoms with Gasteiger partial charge in [-0.3, -0.25) is 0 Å². The van der Waals surface area contributed by atoms with E-state index in [9.17, 15) is 0 Å². The smallest absolute Gasteiger partial charge is 0.323 e. The Labute approximate surface area is 116 Å². The van der Waals surface area contributed by atoms with Crippen molar-refractivity contribution in [2.45, 2.75) is 26.8 Å². The number of aryl methyl sites for hydroxylation is 1. The number of anilines is 2. The molecule has 20 heavy (non-hydrogen) atoms. The molecule has 0 aliphatic heterocycles. The van der Waals surface area contributed by atoms with E-state index >= 15 is 0 Å². The molecule has 2 rings (SSSR count). The quantitative estimate of drug-likeness (QED) is 0.766. The highest BCUT2D eigenvalue weighted by molar-refractivity contribution is 5.35. The zero-order chi connectivity index (χ0) is 14.4. The van der Waals surface area contributed by atoms with Crippen LogP contribution in [0, 0.1) is 6.92 Å². The number of nitrogens with one attached hydrogen (secondary N) is 2. The lowest BCUT2D eigenvalue weighted by Gasteiger charge is -2.07. The van der Waals surface area contributed by atoms with Gasteiger partial charge < -0.3 is 19.9 Å². The highest BCUT2D eigenvalue weighted by Gasteiger charge is 2.08. The molecule has 2 aromatic rings. The van der Waals surface area contributed by atoms with Gasteiger partial charge in [-0.15, -0.1) is 0 Å². The minimum absolute atomic E-state index is 0.274. The van der Waals surface area contributed by atoms with Crippen LogP contribution in [0.2, 0.25) is 0 Å². The van der Waals surface area contributed by atoms with Crippen molar-refractivity contribution in [3.63, 3.8) is 0 Å². The highest BCUT2D eigenvalue weighted by atomic mass is 16.5. The molecule has 2 aromatic heterocycles. The van der Waals surface area contributed by atoms with Crippen LogP contribution in [-0.4, -0.2) is 38.7 Å². The molecule has 0 saturated carbocycles. The molecule has 2 heterocycles. The molecule has 0 radical (unpaired) electrons. The fraction of sp³-hybridized carbons (Fsp3) is 0.545. The third-order valence-corrected chi connectivity index (χ3v) is 2.24. The SMILES string of the molecule is CCCOc1nc(NC)nc(NCc2nc(C)no2)n1. The van der Waals surface area contributed by atoms with E-state index in [0.717, 1.165) is 6.42 Å². The average Bonchev–Trinajstić information content (AvgIpc) is 2.88. The third kappa shape index (κ3) is 3.77. The minimum atomic E-state index is 0.274. The summed E-state index contributed by atoms with van der Waals surface area (Å²) in [5.74, 6) is 1.85. The predicted octanol–water partition coefficient (Wildman–Crippen LogP) is 1.01. The number of rotatable bonds is 7. The standard InChI is InChI=1S/C11H17N7O2/c1-4-5-19-11-16-9(12-3)15-10(17-11)13-6-8-14-7(2)18-20-8/h4-6H2,1-3H3,(H2,12,13,15,16,17). The molecule has 9 nitrogen and oxygen atoms in total. The van der Waals surface area contributed by atoms with Crippen LogP contribution in [0.5, 0.6) is 6.01 Å². The van der Waals surface area contributed by atoms with Gasteiger partial charge in [0.25, 0.3) is 0 Å². The molecule has 0 aliphatic rings. The van der Waals surface area contributed by atoms with Crippen LogP contribution in [0.25, 0.3) is 0 Å². The lowest BCUT2D eigenvalue weighted by atomic mass is 10.5. The van der Waals surface area contributed by atoms with Crippen molar-refractivity contribution in [3.05, 3.63) is 11.7 Å². The van der Waals surface area contributed by atoms with Crippen LogP contribution in [0.4, 0.5) is 11.9 Å². The second-order valence-corrected chi connectivity index (χ2v) is 3.95. The van der Waals surface area contributed by atoms with Gasteiger partial charge in [-0.1, -0.05) is 12.1 Å². The van der Waals surface area contributed by atoms with E-state index in [2.05, 4.69) is 35.7 Å². The van der Waals surface area contributed by atoms with E-state index in [1.54, 1.807) is 14.0 Å². The van der Waals surface area contributed by atoms with Gasteiger partial charge in [-0.2, -0.15) is 19.9 Å². The Bertz CT molecular complexity index is 557. The molecular formula is C11H17N7O2. The summed E-state index contributed by atoms with van der Waals surface area (Å²) < 4.78 is 10.4. The van der Waals surface area contributed by atoms with Crippen molar-refractivity contribution in [3.8, 4) is 6.01 Å². The van der Waals surface area contributed by atoms with Crippen molar-refractivity contribution in [1.29, 1.82) is 0 Å². The van der Waals surface area contributed by atoms with Crippen molar-refractivity contribution in [2.24, 2.45) is 0 Å². The van der Waals surface area contributed by atoms with Crippen LogP contribution in [0.1, 0.15) is 25.1 Å². The molecule has 108 valence electrons. The minimum Gasteiger partial charge on any atom is -0.463 e. The molecule has 0 aromatic carbocycles. The number of hydrogen-bond donors (Lipinski definition) is 2. The zero-order valence-electron chi connectivity index (χ0n) is 11.7. The second-order valence-electron chi connectivity index (χ2n) is 3.95. The Kier molecular flexibility index (Phi) is 4.64. The van der Waals surface area contributed by atoms with Crippen LogP contribution in [-0.2, 0) is 6.54 Å². The normalized spacial score (nSPS) is 10.3. The zero-order valence-corrected chi connectivity index (χ0v) is 11.7. The van der Waals surface area contributed by atoms with Gasteiger partial charge in [0, 0.05) is 7.05 Å². The van der Waals surface area contributed by atoms with Crippen LogP contribution >= 0.6 is 0 Å². The lowest BCUT2D eigenvalue weighted by molar-refractivity contribution is 0.292. The van der Waals surface area contributed by atoms with E-state index in [0.29, 0.717) is 36.8 Å². The molecule has 0 fully saturated rings. The molecule has 0 spiro atoms. The number of nitrogens with zero attached hydrogens (tertiary/aromatic N) is 5. The molecule has 0 aliphatic carbocycles. The molecule has 0 bridgehead atoms. The maximum Gasteiger partial charge on any atom is 0.323 e. The Balaban J connectivity index is 2.05. The molecule has 9 heteroatoms. The predicted molar refractivity (Wildman–Crippen MR) is 71.5 cm³/mol. The Morgan fingerprint density at radius 1 is 1.15 bits per heavy atom. The molecule has 0 atom stereocenters. The van der Waals surface area contributed by atoms with Crippen LogP contribution < -0.4 is 15.4 Å². The third-order valence-electron chi connectivity index (χ3n) is 2.24. The van der Waals surface area contributed by atoms with Gasteiger partial charge in [-0.25, -0.2) is 0 Å². The summed E-state index contributed by atoms with van der Waals surface area (Å²) in [7, 11) is 1.73. The Morgan fingerprint density at radius 2 is 1.95 bits per heavy atom. The van der Waals surface area contributed by atoms with Gasteiger partial charge in [-0.05, 0) is 13.3 Å². The first-order valence-electron chi connectivity index (χ1n) is 6.31. The summed E-state index contributed by atoms with van der Waals surface area (Å²) in [6.45, 7) is 4.65. The van der Waals surface area contributed by atoms with E-state index in [-0.39, 0.29) is 6.01 Å². The summed E-state index contributed by atoms with van der Waals surface area (Å²) in [6.07, 6.45) is 0.880. The van der Waals surface area contributed by atoms with Gasteiger partial charge in [0.1, 0.15) is 0 Å². The highest BCUT2D eigenvalue weighted by Crippen LogP contribution is 2.11. The van der Waals surface area contributed by atoms with Gasteiger partial charge in [0.15, 0.2) is 5.82 Å². The van der Waals surface area contributed by atoms with Crippen molar-refractivity contribution in [2.75, 3.05) is 24.3 Å². The van der Waals surface area contributed by atoms with E-state index in [4.69, 9.17) is 9.26 Å². The largest absolute Gasteiger partial charge is 0.463 e. The summed E-state index contributed by atoms with van der Waals surface area (Å²) in [5.41, 5.74) is 0. The Morgan fingerprint density at radius 3 is 2.60 bits per heavy atom. The number of aromatic nitrogens is 5. The first-order chi connectivity index (χ1) is 9.71. The first-order valence-corrected chi connectivity index (χ1v) is 6.31. The average molecular weight is 279 g/mol. The summed E-state index contributed by atoms with van der Waals surface area (Å²) in [6, 6.07) is 0.274. The number of hydrogen-bond acceptors (Lipinski definition) is 9. The van der Waals surface area contributed by atoms with Crippen molar-refractivity contribution in [1.82, 2.24) is 25.1 Å². The van der Waals surface area contributed by atoms with Crippen molar-refractivity contribution < 1.29 is 9.26 Å². The fourth-order valence-corrected chi connectivity index (χ4v) is 1.37. The van der Waals surface area contributed by atoms with Crippen LogP contribution in [0.3, 0.4) is 0 Å². The molecular weight excluding hydrogens is 262 g/mol. The molecule has 0 amide bonds. The molecule has 0 saturated heterocycles. The van der Waals surface area contributed by atoms with Crippen molar-refractivity contribution >= 4 is 11.9 Å². The van der Waals surface area contributed by atoms with Gasteiger partial charge in [0.2, 0.25) is 17.8 Å². The Hall–Kier alpha value is -2.45. The monoisotopic (exact) mass is 279 g/mol. The van der Waals surface area contributed by atoms with Crippen LogP contribution in [0.15, 0.2) is 4.52 Å². The van der Waals surface area contributed by atoms with E-state index in [1.807, 2.05) is 6.92 Å². The maximum atomic E-state index is 5.40. The molecule has 2 N–H and O–H groups in total.